The number of hydrogen-bond acceptors (Lipinski definition) is 3. The molecular weight excluding hydrogens is 382 g/mol. The average Bonchev–Trinajstić information content (AvgIpc) is 2.64. The van der Waals surface area contributed by atoms with Crippen LogP contribution in [0.1, 0.15) is 49.8 Å². The molecule has 1 unspecified atom stereocenters. The van der Waals surface area contributed by atoms with Crippen molar-refractivity contribution in [3.63, 3.8) is 0 Å². The van der Waals surface area contributed by atoms with Gasteiger partial charge in [0.1, 0.15) is 11.6 Å². The summed E-state index contributed by atoms with van der Waals surface area (Å²) in [4.78, 5) is 14.9. The summed E-state index contributed by atoms with van der Waals surface area (Å²) in [7, 11) is 2.08. The van der Waals surface area contributed by atoms with Gasteiger partial charge in [-0.15, -0.1) is 0 Å². The second-order valence-corrected chi connectivity index (χ2v) is 8.81. The SMILES string of the molecule is Cc1cccc(NC(=O)/C(C#N)=C/c2cc3c(cc2Cl)N(C)C(C)(C)CC3C)c1. The van der Waals surface area contributed by atoms with Crippen LogP contribution in [0, 0.1) is 18.3 Å². The molecule has 4 nitrogen and oxygen atoms in total. The molecule has 1 amide bonds. The van der Waals surface area contributed by atoms with Crippen LogP contribution in [0.2, 0.25) is 5.02 Å². The fraction of sp³-hybridized carbons (Fsp3) is 0.333. The highest BCUT2D eigenvalue weighted by Crippen LogP contribution is 2.44. The third kappa shape index (κ3) is 4.31. The monoisotopic (exact) mass is 407 g/mol. The zero-order valence-electron chi connectivity index (χ0n) is 17.5. The summed E-state index contributed by atoms with van der Waals surface area (Å²) in [5.74, 6) is -0.0922. The predicted molar refractivity (Wildman–Crippen MR) is 120 cm³/mol. The lowest BCUT2D eigenvalue weighted by Gasteiger charge is -2.45. The third-order valence-electron chi connectivity index (χ3n) is 5.69. The molecular formula is C24H26ClN3O. The number of aryl methyl sites for hydroxylation is 1. The lowest BCUT2D eigenvalue weighted by molar-refractivity contribution is -0.112. The number of nitrogens with one attached hydrogen (secondary N) is 1. The van der Waals surface area contributed by atoms with Crippen molar-refractivity contribution in [2.24, 2.45) is 0 Å². The Morgan fingerprint density at radius 3 is 2.72 bits per heavy atom. The maximum atomic E-state index is 12.6. The van der Waals surface area contributed by atoms with Crippen molar-refractivity contribution in [2.45, 2.75) is 45.6 Å². The first-order valence-electron chi connectivity index (χ1n) is 9.69. The van der Waals surface area contributed by atoms with Crippen LogP contribution in [0.15, 0.2) is 42.0 Å². The number of carbonyl (C=O) groups is 1. The average molecular weight is 408 g/mol. The Hall–Kier alpha value is -2.77. The number of hydrogen-bond donors (Lipinski definition) is 1. The lowest BCUT2D eigenvalue weighted by atomic mass is 9.80. The van der Waals surface area contributed by atoms with Crippen molar-refractivity contribution < 1.29 is 4.79 Å². The van der Waals surface area contributed by atoms with Crippen molar-refractivity contribution >= 4 is 35.0 Å². The second kappa shape index (κ2) is 7.93. The van der Waals surface area contributed by atoms with E-state index in [2.05, 4.69) is 38.0 Å². The highest BCUT2D eigenvalue weighted by molar-refractivity contribution is 6.32. The van der Waals surface area contributed by atoms with Crippen LogP contribution in [0.5, 0.6) is 0 Å². The van der Waals surface area contributed by atoms with Crippen LogP contribution in [0.4, 0.5) is 11.4 Å². The number of carbonyl (C=O) groups excluding carboxylic acids is 1. The molecule has 0 aliphatic carbocycles. The minimum Gasteiger partial charge on any atom is -0.369 e. The van der Waals surface area contributed by atoms with Crippen LogP contribution in [-0.2, 0) is 4.79 Å². The quantitative estimate of drug-likeness (QED) is 0.507. The lowest BCUT2D eigenvalue weighted by Crippen LogP contribution is -2.45. The fourth-order valence-corrected chi connectivity index (χ4v) is 4.15. The molecule has 1 atom stereocenters. The first kappa shape index (κ1) is 21.0. The van der Waals surface area contributed by atoms with Crippen molar-refractivity contribution in [3.8, 4) is 6.07 Å². The highest BCUT2D eigenvalue weighted by Gasteiger charge is 2.34. The molecule has 0 bridgehead atoms. The molecule has 0 radical (unpaired) electrons. The van der Waals surface area contributed by atoms with Crippen LogP contribution >= 0.6 is 11.6 Å². The zero-order valence-corrected chi connectivity index (χ0v) is 18.3. The molecule has 0 spiro atoms. The van der Waals surface area contributed by atoms with Gasteiger partial charge in [0.2, 0.25) is 0 Å². The summed E-state index contributed by atoms with van der Waals surface area (Å²) in [5, 5.41) is 12.9. The van der Waals surface area contributed by atoms with Gasteiger partial charge in [-0.25, -0.2) is 0 Å². The summed E-state index contributed by atoms with van der Waals surface area (Å²) in [5.41, 5.74) is 4.71. The molecule has 1 aliphatic rings. The van der Waals surface area contributed by atoms with Gasteiger partial charge in [0.05, 0.1) is 0 Å². The van der Waals surface area contributed by atoms with Crippen LogP contribution < -0.4 is 10.2 Å². The molecule has 29 heavy (non-hydrogen) atoms. The van der Waals surface area contributed by atoms with Gasteiger partial charge in [0.25, 0.3) is 5.91 Å². The Bertz CT molecular complexity index is 1030. The number of nitriles is 1. The van der Waals surface area contributed by atoms with Gasteiger partial charge in [0.15, 0.2) is 0 Å². The number of amides is 1. The molecule has 0 fully saturated rings. The van der Waals surface area contributed by atoms with Gasteiger partial charge in [-0.3, -0.25) is 4.79 Å². The molecule has 1 heterocycles. The summed E-state index contributed by atoms with van der Waals surface area (Å²) < 4.78 is 0. The van der Waals surface area contributed by atoms with E-state index in [-0.39, 0.29) is 11.1 Å². The third-order valence-corrected chi connectivity index (χ3v) is 6.02. The maximum absolute atomic E-state index is 12.6. The maximum Gasteiger partial charge on any atom is 0.266 e. The predicted octanol–water partition coefficient (Wildman–Crippen LogP) is 5.92. The van der Waals surface area contributed by atoms with Gasteiger partial charge < -0.3 is 10.2 Å². The van der Waals surface area contributed by atoms with E-state index >= 15 is 0 Å². The zero-order chi connectivity index (χ0) is 21.3. The Morgan fingerprint density at radius 2 is 2.07 bits per heavy atom. The number of anilines is 2. The van der Waals surface area contributed by atoms with Crippen LogP contribution in [0.3, 0.4) is 0 Å². The van der Waals surface area contributed by atoms with E-state index in [9.17, 15) is 10.1 Å². The van der Waals surface area contributed by atoms with E-state index in [0.717, 1.165) is 17.7 Å². The van der Waals surface area contributed by atoms with E-state index in [0.29, 0.717) is 22.2 Å². The molecule has 150 valence electrons. The van der Waals surface area contributed by atoms with Crippen molar-refractivity contribution in [1.82, 2.24) is 0 Å². The number of rotatable bonds is 3. The van der Waals surface area contributed by atoms with E-state index < -0.39 is 5.91 Å². The summed E-state index contributed by atoms with van der Waals surface area (Å²) in [6, 6.07) is 13.4. The number of benzene rings is 2. The van der Waals surface area contributed by atoms with E-state index in [1.807, 2.05) is 43.3 Å². The number of halogens is 1. The van der Waals surface area contributed by atoms with E-state index in [4.69, 9.17) is 11.6 Å². The topological polar surface area (TPSA) is 56.1 Å². The Balaban J connectivity index is 1.95. The first-order chi connectivity index (χ1) is 13.6. The Morgan fingerprint density at radius 1 is 1.34 bits per heavy atom. The fourth-order valence-electron chi connectivity index (χ4n) is 3.94. The standard InChI is InChI=1S/C24H26ClN3O/c1-15-7-6-8-19(9-15)27-23(29)18(14-26)10-17-11-20-16(2)13-24(3,4)28(5)22(20)12-21(17)25/h6-12,16H,13H2,1-5H3,(H,27,29)/b18-10+. The minimum atomic E-state index is -0.446. The summed E-state index contributed by atoms with van der Waals surface area (Å²) >= 11 is 6.54. The van der Waals surface area contributed by atoms with Gasteiger partial charge in [-0.2, -0.15) is 5.26 Å². The van der Waals surface area contributed by atoms with Gasteiger partial charge in [0, 0.05) is 29.0 Å². The normalized spacial score (nSPS) is 18.0. The molecule has 0 aromatic heterocycles. The molecule has 1 aliphatic heterocycles. The molecule has 2 aromatic rings. The number of fused-ring (bicyclic) bond motifs is 1. The van der Waals surface area contributed by atoms with E-state index in [1.165, 1.54) is 5.56 Å². The van der Waals surface area contributed by atoms with Gasteiger partial charge >= 0.3 is 0 Å². The van der Waals surface area contributed by atoms with Crippen molar-refractivity contribution in [2.75, 3.05) is 17.3 Å². The minimum absolute atomic E-state index is 0.0190. The second-order valence-electron chi connectivity index (χ2n) is 8.40. The largest absolute Gasteiger partial charge is 0.369 e. The number of nitrogens with zero attached hydrogens (tertiary/aromatic N) is 2. The molecule has 5 heteroatoms. The molecule has 2 aromatic carbocycles. The Kier molecular flexibility index (Phi) is 5.73. The first-order valence-corrected chi connectivity index (χ1v) is 10.1. The summed E-state index contributed by atoms with van der Waals surface area (Å²) in [6.45, 7) is 8.59. The van der Waals surface area contributed by atoms with Crippen molar-refractivity contribution in [3.05, 3.63) is 63.7 Å². The van der Waals surface area contributed by atoms with Crippen molar-refractivity contribution in [1.29, 1.82) is 5.26 Å². The smallest absolute Gasteiger partial charge is 0.266 e. The molecule has 3 rings (SSSR count). The molecule has 1 N–H and O–H groups in total. The Labute approximate surface area is 177 Å². The summed E-state index contributed by atoms with van der Waals surface area (Å²) in [6.07, 6.45) is 2.58. The van der Waals surface area contributed by atoms with Gasteiger partial charge in [-0.1, -0.05) is 30.7 Å². The van der Waals surface area contributed by atoms with Crippen LogP contribution in [-0.4, -0.2) is 18.5 Å². The van der Waals surface area contributed by atoms with Gasteiger partial charge in [-0.05, 0) is 80.1 Å². The van der Waals surface area contributed by atoms with Crippen LogP contribution in [0.25, 0.3) is 6.08 Å². The highest BCUT2D eigenvalue weighted by atomic mass is 35.5. The molecule has 0 saturated carbocycles. The van der Waals surface area contributed by atoms with E-state index in [1.54, 1.807) is 12.1 Å². The molecule has 0 saturated heterocycles.